The molecule has 0 unspecified atom stereocenters. The second-order valence-electron chi connectivity index (χ2n) is 3.82. The molecule has 0 spiro atoms. The third kappa shape index (κ3) is 3.16. The molecule has 6 heteroatoms. The summed E-state index contributed by atoms with van der Waals surface area (Å²) in [4.78, 5) is 0. The van der Waals surface area contributed by atoms with Gasteiger partial charge in [0.05, 0.1) is 15.6 Å². The zero-order valence-electron chi connectivity index (χ0n) is 9.23. The third-order valence-electron chi connectivity index (χ3n) is 2.53. The molecule has 0 bridgehead atoms. The van der Waals surface area contributed by atoms with E-state index in [1.54, 1.807) is 18.2 Å². The van der Waals surface area contributed by atoms with Gasteiger partial charge in [0.15, 0.2) is 0 Å². The van der Waals surface area contributed by atoms with Crippen LogP contribution < -0.4 is 0 Å². The van der Waals surface area contributed by atoms with Crippen LogP contribution in [0.3, 0.4) is 0 Å². The number of hydrogen-bond donors (Lipinski definition) is 0. The quantitative estimate of drug-likeness (QED) is 0.574. The first-order chi connectivity index (χ1) is 8.79. The smallest absolute Gasteiger partial charge is 0.166 e. The van der Waals surface area contributed by atoms with E-state index in [1.807, 2.05) is 0 Å². The highest BCUT2D eigenvalue weighted by Crippen LogP contribution is 2.37. The number of benzene rings is 2. The minimum Gasteiger partial charge on any atom is -0.166 e. The average Bonchev–Trinajstić information content (AvgIpc) is 2.31. The van der Waals surface area contributed by atoms with Gasteiger partial charge in [-0.2, -0.15) is 13.2 Å². The lowest BCUT2D eigenvalue weighted by atomic mass is 10.0. The highest BCUT2D eigenvalue weighted by Gasteiger charge is 2.30. The Kier molecular flexibility index (Phi) is 4.00. The molecule has 0 atom stereocenters. The summed E-state index contributed by atoms with van der Waals surface area (Å²) in [5.41, 5.74) is 0.280. The van der Waals surface area contributed by atoms with Crippen molar-refractivity contribution in [1.82, 2.24) is 0 Å². The molecule has 0 aliphatic carbocycles. The van der Waals surface area contributed by atoms with Crippen LogP contribution in [0.1, 0.15) is 5.56 Å². The van der Waals surface area contributed by atoms with Gasteiger partial charge < -0.3 is 0 Å². The van der Waals surface area contributed by atoms with Crippen molar-refractivity contribution in [3.63, 3.8) is 0 Å². The summed E-state index contributed by atoms with van der Waals surface area (Å²) in [6, 6.07) is 7.93. The molecule has 0 aliphatic heterocycles. The Hall–Kier alpha value is -0.900. The van der Waals surface area contributed by atoms with Crippen LogP contribution in [0.2, 0.25) is 15.1 Å². The van der Waals surface area contributed by atoms with E-state index < -0.39 is 11.7 Å². The maximum atomic E-state index is 12.5. The first-order valence-electron chi connectivity index (χ1n) is 5.11. The fraction of sp³-hybridized carbons (Fsp3) is 0.0769. The average molecular weight is 326 g/mol. The summed E-state index contributed by atoms with van der Waals surface area (Å²) >= 11 is 17.5. The van der Waals surface area contributed by atoms with Crippen LogP contribution in [0.5, 0.6) is 0 Å². The Morgan fingerprint density at radius 1 is 0.737 bits per heavy atom. The zero-order chi connectivity index (χ0) is 14.2. The number of hydrogen-bond acceptors (Lipinski definition) is 0. The summed E-state index contributed by atoms with van der Waals surface area (Å²) < 4.78 is 37.6. The van der Waals surface area contributed by atoms with Gasteiger partial charge in [0.25, 0.3) is 0 Å². The lowest BCUT2D eigenvalue weighted by Crippen LogP contribution is -2.04. The standard InChI is InChI=1S/C13H6Cl3F3/c14-10-4-1-7(5-12(10)16)9-3-2-8(6-11(9)15)13(17,18)19/h1-6H. The minimum absolute atomic E-state index is 0.00761. The van der Waals surface area contributed by atoms with Crippen molar-refractivity contribution >= 4 is 34.8 Å². The lowest BCUT2D eigenvalue weighted by molar-refractivity contribution is -0.137. The van der Waals surface area contributed by atoms with Gasteiger partial charge in [-0.3, -0.25) is 0 Å². The van der Waals surface area contributed by atoms with Crippen molar-refractivity contribution in [1.29, 1.82) is 0 Å². The van der Waals surface area contributed by atoms with E-state index >= 15 is 0 Å². The molecule has 0 amide bonds. The van der Waals surface area contributed by atoms with E-state index in [4.69, 9.17) is 34.8 Å². The van der Waals surface area contributed by atoms with Gasteiger partial charge in [-0.15, -0.1) is 0 Å². The zero-order valence-corrected chi connectivity index (χ0v) is 11.5. The van der Waals surface area contributed by atoms with Crippen molar-refractivity contribution in [3.05, 3.63) is 57.0 Å². The number of halogens is 6. The molecule has 2 aromatic rings. The number of alkyl halides is 3. The van der Waals surface area contributed by atoms with Crippen LogP contribution in [-0.2, 0) is 6.18 Å². The van der Waals surface area contributed by atoms with Crippen LogP contribution >= 0.6 is 34.8 Å². The number of rotatable bonds is 1. The minimum atomic E-state index is -4.42. The molecule has 0 radical (unpaired) electrons. The second kappa shape index (κ2) is 5.23. The van der Waals surface area contributed by atoms with E-state index in [9.17, 15) is 13.2 Å². The van der Waals surface area contributed by atoms with Gasteiger partial charge >= 0.3 is 6.18 Å². The van der Waals surface area contributed by atoms with Gasteiger partial charge in [0, 0.05) is 10.6 Å². The van der Waals surface area contributed by atoms with Crippen LogP contribution in [0.25, 0.3) is 11.1 Å². The molecule has 0 fully saturated rings. The molecular formula is C13H6Cl3F3. The van der Waals surface area contributed by atoms with Gasteiger partial charge in [-0.25, -0.2) is 0 Å². The molecule has 0 aliphatic rings. The Morgan fingerprint density at radius 2 is 1.42 bits per heavy atom. The molecule has 0 heterocycles. The first kappa shape index (κ1) is 14.5. The predicted molar refractivity (Wildman–Crippen MR) is 71.9 cm³/mol. The van der Waals surface area contributed by atoms with Crippen molar-refractivity contribution in [2.75, 3.05) is 0 Å². The van der Waals surface area contributed by atoms with Gasteiger partial charge in [0.2, 0.25) is 0 Å². The molecule has 19 heavy (non-hydrogen) atoms. The lowest BCUT2D eigenvalue weighted by Gasteiger charge is -2.10. The highest BCUT2D eigenvalue weighted by molar-refractivity contribution is 6.42. The van der Waals surface area contributed by atoms with E-state index in [0.717, 1.165) is 12.1 Å². The first-order valence-corrected chi connectivity index (χ1v) is 6.24. The molecule has 0 N–H and O–H groups in total. The third-order valence-corrected chi connectivity index (χ3v) is 3.58. The second-order valence-corrected chi connectivity index (χ2v) is 5.04. The van der Waals surface area contributed by atoms with Crippen LogP contribution in [-0.4, -0.2) is 0 Å². The molecule has 2 aromatic carbocycles. The fourth-order valence-electron chi connectivity index (χ4n) is 1.59. The fourth-order valence-corrected chi connectivity index (χ4v) is 2.18. The SMILES string of the molecule is FC(F)(F)c1ccc(-c2ccc(Cl)c(Cl)c2)c(Cl)c1. The molecule has 100 valence electrons. The van der Waals surface area contributed by atoms with Crippen molar-refractivity contribution in [2.45, 2.75) is 6.18 Å². The predicted octanol–water partition coefficient (Wildman–Crippen LogP) is 6.33. The normalized spacial score (nSPS) is 11.7. The van der Waals surface area contributed by atoms with Gasteiger partial charge in [-0.1, -0.05) is 46.9 Å². The van der Waals surface area contributed by atoms with E-state index in [0.29, 0.717) is 21.2 Å². The summed E-state index contributed by atoms with van der Waals surface area (Å²) in [5, 5.41) is 0.691. The monoisotopic (exact) mass is 324 g/mol. The largest absolute Gasteiger partial charge is 0.416 e. The maximum Gasteiger partial charge on any atom is 0.416 e. The van der Waals surface area contributed by atoms with Crippen LogP contribution in [0.4, 0.5) is 13.2 Å². The highest BCUT2D eigenvalue weighted by atomic mass is 35.5. The maximum absolute atomic E-state index is 12.5. The Morgan fingerprint density at radius 3 is 1.95 bits per heavy atom. The summed E-state index contributed by atoms with van der Waals surface area (Å²) in [5.74, 6) is 0. The summed E-state index contributed by atoms with van der Waals surface area (Å²) in [7, 11) is 0. The molecular weight excluding hydrogens is 319 g/mol. The summed E-state index contributed by atoms with van der Waals surface area (Å²) in [6.07, 6.45) is -4.42. The van der Waals surface area contributed by atoms with Gasteiger partial charge in [-0.05, 0) is 29.8 Å². The summed E-state index contributed by atoms with van der Waals surface area (Å²) in [6.45, 7) is 0. The Bertz CT molecular complexity index is 621. The molecule has 0 aromatic heterocycles. The Labute approximate surface area is 122 Å². The van der Waals surface area contributed by atoms with Gasteiger partial charge in [0.1, 0.15) is 0 Å². The van der Waals surface area contributed by atoms with Crippen molar-refractivity contribution < 1.29 is 13.2 Å². The molecule has 0 saturated carbocycles. The topological polar surface area (TPSA) is 0 Å². The van der Waals surface area contributed by atoms with Crippen molar-refractivity contribution in [3.8, 4) is 11.1 Å². The van der Waals surface area contributed by atoms with Crippen molar-refractivity contribution in [2.24, 2.45) is 0 Å². The van der Waals surface area contributed by atoms with Crippen LogP contribution in [0.15, 0.2) is 36.4 Å². The van der Waals surface area contributed by atoms with E-state index in [2.05, 4.69) is 0 Å². The van der Waals surface area contributed by atoms with E-state index in [-0.39, 0.29) is 5.02 Å². The Balaban J connectivity index is 2.49. The molecule has 0 saturated heterocycles. The van der Waals surface area contributed by atoms with E-state index in [1.165, 1.54) is 6.07 Å². The van der Waals surface area contributed by atoms with Crippen LogP contribution in [0, 0.1) is 0 Å². The molecule has 2 rings (SSSR count). The molecule has 0 nitrogen and oxygen atoms in total.